The van der Waals surface area contributed by atoms with E-state index in [0.717, 1.165) is 0 Å². The molecule has 0 aromatic heterocycles. The van der Waals surface area contributed by atoms with Crippen LogP contribution in [0.5, 0.6) is 0 Å². The number of hydrogen-bond acceptors (Lipinski definition) is 0. The van der Waals surface area contributed by atoms with Crippen molar-refractivity contribution in [2.24, 2.45) is 0 Å². The number of alkyl halides is 1. The van der Waals surface area contributed by atoms with Gasteiger partial charge in [-0.3, -0.25) is 0 Å². The van der Waals surface area contributed by atoms with Gasteiger partial charge in [-0.25, -0.2) is 0 Å². The van der Waals surface area contributed by atoms with Crippen LogP contribution in [0, 0.1) is 13.8 Å². The zero-order valence-electron chi connectivity index (χ0n) is 9.87. The first kappa shape index (κ1) is 12.8. The molecular formula is C15H14Br2. The van der Waals surface area contributed by atoms with Crippen LogP contribution in [0.4, 0.5) is 0 Å². The number of hydrogen-bond donors (Lipinski definition) is 0. The number of aryl methyl sites for hydroxylation is 2. The molecular weight excluding hydrogens is 340 g/mol. The molecule has 0 aliphatic rings. The maximum atomic E-state index is 3.79. The molecule has 0 aliphatic carbocycles. The molecule has 0 spiro atoms. The third-order valence-electron chi connectivity index (χ3n) is 2.91. The quantitative estimate of drug-likeness (QED) is 0.621. The molecule has 1 unspecified atom stereocenters. The van der Waals surface area contributed by atoms with E-state index in [1.54, 1.807) is 0 Å². The molecule has 0 saturated heterocycles. The second-order valence-electron chi connectivity index (χ2n) is 4.23. The van der Waals surface area contributed by atoms with Crippen LogP contribution in [0.15, 0.2) is 46.9 Å². The lowest BCUT2D eigenvalue weighted by Crippen LogP contribution is -1.97. The van der Waals surface area contributed by atoms with E-state index in [1.165, 1.54) is 26.7 Å². The molecule has 0 bridgehead atoms. The summed E-state index contributed by atoms with van der Waals surface area (Å²) < 4.78 is 1.17. The van der Waals surface area contributed by atoms with E-state index in [-0.39, 0.29) is 4.83 Å². The highest BCUT2D eigenvalue weighted by Gasteiger charge is 2.13. The van der Waals surface area contributed by atoms with Gasteiger partial charge in [0.25, 0.3) is 0 Å². The third-order valence-corrected chi connectivity index (χ3v) is 4.79. The standard InChI is InChI=1S/C15H14Br2/c1-10-9-14(16)11(2)8-13(10)15(17)12-6-4-3-5-7-12/h3-9,15H,1-2H3. The predicted octanol–water partition coefficient (Wildman–Crippen LogP) is 5.55. The van der Waals surface area contributed by atoms with E-state index in [9.17, 15) is 0 Å². The second kappa shape index (κ2) is 5.36. The van der Waals surface area contributed by atoms with Gasteiger partial charge in [0.05, 0.1) is 4.83 Å². The molecule has 2 aromatic carbocycles. The number of halogens is 2. The summed E-state index contributed by atoms with van der Waals surface area (Å²) >= 11 is 7.36. The Morgan fingerprint density at radius 1 is 0.941 bits per heavy atom. The summed E-state index contributed by atoms with van der Waals surface area (Å²) in [5.41, 5.74) is 5.19. The summed E-state index contributed by atoms with van der Waals surface area (Å²) in [6, 6.07) is 14.9. The van der Waals surface area contributed by atoms with Crippen molar-refractivity contribution in [1.29, 1.82) is 0 Å². The first-order valence-electron chi connectivity index (χ1n) is 5.55. The van der Waals surface area contributed by atoms with Gasteiger partial charge in [-0.1, -0.05) is 68.3 Å². The Morgan fingerprint density at radius 3 is 2.24 bits per heavy atom. The zero-order valence-corrected chi connectivity index (χ0v) is 13.0. The summed E-state index contributed by atoms with van der Waals surface area (Å²) in [6.07, 6.45) is 0. The first-order valence-corrected chi connectivity index (χ1v) is 7.26. The minimum absolute atomic E-state index is 0.260. The zero-order chi connectivity index (χ0) is 12.4. The minimum Gasteiger partial charge on any atom is -0.0786 e. The first-order chi connectivity index (χ1) is 8.09. The Hall–Kier alpha value is -0.600. The third kappa shape index (κ3) is 2.80. The Morgan fingerprint density at radius 2 is 1.59 bits per heavy atom. The predicted molar refractivity (Wildman–Crippen MR) is 80.8 cm³/mol. The van der Waals surface area contributed by atoms with Gasteiger partial charge in [0.15, 0.2) is 0 Å². The summed E-state index contributed by atoms with van der Waals surface area (Å²) in [6.45, 7) is 4.27. The van der Waals surface area contributed by atoms with E-state index < -0.39 is 0 Å². The lowest BCUT2D eigenvalue weighted by atomic mass is 9.98. The highest BCUT2D eigenvalue weighted by atomic mass is 79.9. The van der Waals surface area contributed by atoms with Crippen molar-refractivity contribution in [2.45, 2.75) is 18.7 Å². The molecule has 2 aromatic rings. The molecule has 0 fully saturated rings. The van der Waals surface area contributed by atoms with Crippen molar-refractivity contribution in [3.05, 3.63) is 69.2 Å². The summed E-state index contributed by atoms with van der Waals surface area (Å²) in [5.74, 6) is 0. The van der Waals surface area contributed by atoms with Crippen LogP contribution in [-0.2, 0) is 0 Å². The lowest BCUT2D eigenvalue weighted by molar-refractivity contribution is 1.13. The smallest absolute Gasteiger partial charge is 0.0647 e. The summed E-state index contributed by atoms with van der Waals surface area (Å²) in [7, 11) is 0. The van der Waals surface area contributed by atoms with Gasteiger partial charge in [-0.2, -0.15) is 0 Å². The molecule has 0 amide bonds. The van der Waals surface area contributed by atoms with Gasteiger partial charge in [0, 0.05) is 4.47 Å². The van der Waals surface area contributed by atoms with Crippen molar-refractivity contribution >= 4 is 31.9 Å². The molecule has 17 heavy (non-hydrogen) atoms. The molecule has 0 aliphatic heterocycles. The van der Waals surface area contributed by atoms with Crippen LogP contribution in [0.3, 0.4) is 0 Å². The van der Waals surface area contributed by atoms with E-state index in [1.807, 2.05) is 6.07 Å². The van der Waals surface area contributed by atoms with Gasteiger partial charge >= 0.3 is 0 Å². The highest BCUT2D eigenvalue weighted by Crippen LogP contribution is 2.34. The fourth-order valence-electron chi connectivity index (χ4n) is 1.88. The maximum absolute atomic E-state index is 3.79. The van der Waals surface area contributed by atoms with Crippen molar-refractivity contribution < 1.29 is 0 Å². The fourth-order valence-corrected chi connectivity index (χ4v) is 3.13. The summed E-state index contributed by atoms with van der Waals surface area (Å²) in [4.78, 5) is 0.260. The van der Waals surface area contributed by atoms with Gasteiger partial charge in [-0.05, 0) is 42.2 Å². The highest BCUT2D eigenvalue weighted by molar-refractivity contribution is 9.10. The molecule has 1 atom stereocenters. The van der Waals surface area contributed by atoms with Gasteiger partial charge in [-0.15, -0.1) is 0 Å². The van der Waals surface area contributed by atoms with Crippen molar-refractivity contribution in [3.63, 3.8) is 0 Å². The number of benzene rings is 2. The van der Waals surface area contributed by atoms with Crippen molar-refractivity contribution in [3.8, 4) is 0 Å². The molecule has 88 valence electrons. The van der Waals surface area contributed by atoms with Crippen LogP contribution in [0.25, 0.3) is 0 Å². The van der Waals surface area contributed by atoms with Crippen LogP contribution >= 0.6 is 31.9 Å². The van der Waals surface area contributed by atoms with Gasteiger partial charge in [0.1, 0.15) is 0 Å². The monoisotopic (exact) mass is 352 g/mol. The Balaban J connectivity index is 2.44. The molecule has 0 N–H and O–H groups in total. The Bertz CT molecular complexity index is 518. The average Bonchev–Trinajstić information content (AvgIpc) is 2.34. The Labute approximate surface area is 119 Å². The molecule has 0 saturated carbocycles. The van der Waals surface area contributed by atoms with E-state index in [0.29, 0.717) is 0 Å². The second-order valence-corrected chi connectivity index (χ2v) is 6.00. The van der Waals surface area contributed by atoms with E-state index >= 15 is 0 Å². The van der Waals surface area contributed by atoms with Crippen LogP contribution in [0.2, 0.25) is 0 Å². The average molecular weight is 354 g/mol. The number of rotatable bonds is 2. The lowest BCUT2D eigenvalue weighted by Gasteiger charge is -2.15. The SMILES string of the molecule is Cc1cc(C(Br)c2ccccc2)c(C)cc1Br. The van der Waals surface area contributed by atoms with E-state index in [2.05, 4.69) is 82.1 Å². The molecule has 2 rings (SSSR count). The maximum Gasteiger partial charge on any atom is 0.0647 e. The molecule has 0 nitrogen and oxygen atoms in total. The van der Waals surface area contributed by atoms with Gasteiger partial charge < -0.3 is 0 Å². The normalized spacial score (nSPS) is 12.5. The van der Waals surface area contributed by atoms with Crippen molar-refractivity contribution in [2.75, 3.05) is 0 Å². The topological polar surface area (TPSA) is 0 Å². The van der Waals surface area contributed by atoms with Crippen molar-refractivity contribution in [1.82, 2.24) is 0 Å². The van der Waals surface area contributed by atoms with Crippen LogP contribution in [0.1, 0.15) is 27.1 Å². The molecule has 0 radical (unpaired) electrons. The summed E-state index contributed by atoms with van der Waals surface area (Å²) in [5, 5.41) is 0. The molecule has 2 heteroatoms. The molecule has 0 heterocycles. The minimum atomic E-state index is 0.260. The largest absolute Gasteiger partial charge is 0.0786 e. The fraction of sp³-hybridized carbons (Fsp3) is 0.200. The van der Waals surface area contributed by atoms with Crippen LogP contribution in [-0.4, -0.2) is 0 Å². The van der Waals surface area contributed by atoms with Crippen LogP contribution < -0.4 is 0 Å². The Kier molecular flexibility index (Phi) is 4.05. The van der Waals surface area contributed by atoms with E-state index in [4.69, 9.17) is 0 Å². The van der Waals surface area contributed by atoms with Gasteiger partial charge in [0.2, 0.25) is 0 Å².